The monoisotopic (exact) mass is 372 g/mol. The van der Waals surface area contributed by atoms with E-state index in [0.717, 1.165) is 17.3 Å². The van der Waals surface area contributed by atoms with Crippen LogP contribution < -0.4 is 10.2 Å². The van der Waals surface area contributed by atoms with Gasteiger partial charge in [0.05, 0.1) is 11.3 Å². The van der Waals surface area contributed by atoms with Crippen molar-refractivity contribution in [3.8, 4) is 0 Å². The maximum atomic E-state index is 13.2. The second-order valence-corrected chi connectivity index (χ2v) is 5.99. The molecule has 0 radical (unpaired) electrons. The summed E-state index contributed by atoms with van der Waals surface area (Å²) in [4.78, 5) is 10.4. The lowest BCUT2D eigenvalue weighted by molar-refractivity contribution is -0.136. The first-order valence-corrected chi connectivity index (χ1v) is 8.49. The van der Waals surface area contributed by atoms with E-state index in [1.54, 1.807) is 6.07 Å². The van der Waals surface area contributed by atoms with E-state index in [2.05, 4.69) is 15.3 Å². The Kier molecular flexibility index (Phi) is 5.30. The summed E-state index contributed by atoms with van der Waals surface area (Å²) in [5, 5.41) is 2.69. The van der Waals surface area contributed by atoms with E-state index in [0.29, 0.717) is 12.4 Å². The molecular formula is C20H19F3N4. The van der Waals surface area contributed by atoms with Gasteiger partial charge in [0.2, 0.25) is 5.95 Å². The zero-order valence-corrected chi connectivity index (χ0v) is 15.0. The molecule has 0 aliphatic heterocycles. The number of para-hydroxylation sites is 1. The minimum atomic E-state index is -4.46. The van der Waals surface area contributed by atoms with Gasteiger partial charge in [0.25, 0.3) is 0 Å². The SMILES string of the molecule is CCN(c1cccc(C)c1)c1ccnc(Nc2ccccc2C(F)(F)F)n1. The van der Waals surface area contributed by atoms with E-state index in [1.807, 2.05) is 43.0 Å². The fourth-order valence-corrected chi connectivity index (χ4v) is 2.79. The number of rotatable bonds is 5. The van der Waals surface area contributed by atoms with Crippen molar-refractivity contribution in [1.82, 2.24) is 9.97 Å². The molecule has 0 aliphatic rings. The Morgan fingerprint density at radius 2 is 1.81 bits per heavy atom. The van der Waals surface area contributed by atoms with E-state index in [1.165, 1.54) is 24.4 Å². The first-order chi connectivity index (χ1) is 12.9. The molecule has 3 aromatic rings. The Morgan fingerprint density at radius 3 is 2.52 bits per heavy atom. The molecule has 0 amide bonds. The molecule has 27 heavy (non-hydrogen) atoms. The number of hydrogen-bond donors (Lipinski definition) is 1. The van der Waals surface area contributed by atoms with Gasteiger partial charge in [0.15, 0.2) is 0 Å². The Bertz CT molecular complexity index is 925. The van der Waals surface area contributed by atoms with Crippen LogP contribution in [0.4, 0.5) is 36.3 Å². The lowest BCUT2D eigenvalue weighted by Crippen LogP contribution is -2.18. The van der Waals surface area contributed by atoms with Crippen LogP contribution in [0, 0.1) is 6.92 Å². The summed E-state index contributed by atoms with van der Waals surface area (Å²) in [6.07, 6.45) is -2.93. The van der Waals surface area contributed by atoms with Gasteiger partial charge in [-0.1, -0.05) is 24.3 Å². The normalized spacial score (nSPS) is 11.3. The fraction of sp³-hybridized carbons (Fsp3) is 0.200. The first kappa shape index (κ1) is 18.7. The highest BCUT2D eigenvalue weighted by Gasteiger charge is 2.33. The van der Waals surface area contributed by atoms with Crippen LogP contribution in [-0.4, -0.2) is 16.5 Å². The molecule has 0 saturated heterocycles. The van der Waals surface area contributed by atoms with Crippen LogP contribution >= 0.6 is 0 Å². The Hall–Kier alpha value is -3.09. The number of aryl methyl sites for hydroxylation is 1. The summed E-state index contributed by atoms with van der Waals surface area (Å²) in [7, 11) is 0. The average Bonchev–Trinajstić information content (AvgIpc) is 2.62. The molecule has 0 fully saturated rings. The van der Waals surface area contributed by atoms with Crippen molar-refractivity contribution in [3.05, 3.63) is 71.9 Å². The topological polar surface area (TPSA) is 41.1 Å². The van der Waals surface area contributed by atoms with Crippen LogP contribution in [0.25, 0.3) is 0 Å². The number of alkyl halides is 3. The molecule has 3 rings (SSSR count). The largest absolute Gasteiger partial charge is 0.418 e. The van der Waals surface area contributed by atoms with Gasteiger partial charge < -0.3 is 10.2 Å². The van der Waals surface area contributed by atoms with Crippen LogP contribution in [-0.2, 0) is 6.18 Å². The second kappa shape index (κ2) is 7.65. The van der Waals surface area contributed by atoms with Gasteiger partial charge in [-0.15, -0.1) is 0 Å². The molecule has 1 aromatic heterocycles. The molecule has 2 aromatic carbocycles. The minimum Gasteiger partial charge on any atom is -0.326 e. The van der Waals surface area contributed by atoms with E-state index in [-0.39, 0.29) is 11.6 Å². The standard InChI is InChI=1S/C20H19F3N4/c1-3-27(15-8-6-7-14(2)13-15)18-11-12-24-19(26-18)25-17-10-5-4-9-16(17)20(21,22)23/h4-13H,3H2,1-2H3,(H,24,25,26). The molecule has 0 spiro atoms. The van der Waals surface area contributed by atoms with E-state index < -0.39 is 11.7 Å². The number of anilines is 4. The summed E-state index contributed by atoms with van der Waals surface area (Å²) in [5.74, 6) is 0.709. The van der Waals surface area contributed by atoms with Crippen LogP contribution in [0.15, 0.2) is 60.8 Å². The molecule has 0 saturated carbocycles. The molecule has 0 bridgehead atoms. The fourth-order valence-electron chi connectivity index (χ4n) is 2.79. The predicted octanol–water partition coefficient (Wildman–Crippen LogP) is 5.71. The highest BCUT2D eigenvalue weighted by molar-refractivity contribution is 5.64. The second-order valence-electron chi connectivity index (χ2n) is 5.99. The van der Waals surface area contributed by atoms with E-state index in [4.69, 9.17) is 0 Å². The molecule has 4 nitrogen and oxygen atoms in total. The molecule has 0 atom stereocenters. The van der Waals surface area contributed by atoms with E-state index in [9.17, 15) is 13.2 Å². The molecule has 7 heteroatoms. The number of halogens is 3. The summed E-state index contributed by atoms with van der Waals surface area (Å²) in [5.41, 5.74) is 1.22. The molecular weight excluding hydrogens is 353 g/mol. The lowest BCUT2D eigenvalue weighted by atomic mass is 10.1. The van der Waals surface area contributed by atoms with Crippen molar-refractivity contribution >= 4 is 23.1 Å². The number of nitrogens with zero attached hydrogens (tertiary/aromatic N) is 3. The third kappa shape index (κ3) is 4.36. The van der Waals surface area contributed by atoms with Gasteiger partial charge in [-0.05, 0) is 49.7 Å². The van der Waals surface area contributed by atoms with Crippen LogP contribution in [0.3, 0.4) is 0 Å². The lowest BCUT2D eigenvalue weighted by Gasteiger charge is -2.23. The Labute approximate surface area is 155 Å². The van der Waals surface area contributed by atoms with Crippen molar-refractivity contribution in [2.75, 3.05) is 16.8 Å². The molecule has 1 N–H and O–H groups in total. The zero-order chi connectivity index (χ0) is 19.4. The predicted molar refractivity (Wildman–Crippen MR) is 101 cm³/mol. The van der Waals surface area contributed by atoms with Crippen molar-refractivity contribution < 1.29 is 13.2 Å². The van der Waals surface area contributed by atoms with Crippen LogP contribution in [0.1, 0.15) is 18.1 Å². The zero-order valence-electron chi connectivity index (χ0n) is 15.0. The van der Waals surface area contributed by atoms with Crippen molar-refractivity contribution in [3.63, 3.8) is 0 Å². The van der Waals surface area contributed by atoms with Crippen LogP contribution in [0.5, 0.6) is 0 Å². The molecule has 1 heterocycles. The van der Waals surface area contributed by atoms with Gasteiger partial charge >= 0.3 is 6.18 Å². The van der Waals surface area contributed by atoms with Gasteiger partial charge in [0.1, 0.15) is 5.82 Å². The smallest absolute Gasteiger partial charge is 0.326 e. The average molecular weight is 372 g/mol. The van der Waals surface area contributed by atoms with Gasteiger partial charge in [0, 0.05) is 18.4 Å². The molecule has 0 aliphatic carbocycles. The summed E-state index contributed by atoms with van der Waals surface area (Å²) >= 11 is 0. The van der Waals surface area contributed by atoms with Gasteiger partial charge in [-0.2, -0.15) is 18.2 Å². The molecule has 0 unspecified atom stereocenters. The number of aromatic nitrogens is 2. The maximum Gasteiger partial charge on any atom is 0.418 e. The number of benzene rings is 2. The Balaban J connectivity index is 1.93. The van der Waals surface area contributed by atoms with Gasteiger partial charge in [-0.3, -0.25) is 0 Å². The molecule has 140 valence electrons. The third-order valence-corrected chi connectivity index (χ3v) is 4.03. The highest BCUT2D eigenvalue weighted by atomic mass is 19.4. The van der Waals surface area contributed by atoms with E-state index >= 15 is 0 Å². The number of nitrogens with one attached hydrogen (secondary N) is 1. The number of hydrogen-bond acceptors (Lipinski definition) is 4. The highest BCUT2D eigenvalue weighted by Crippen LogP contribution is 2.35. The maximum absolute atomic E-state index is 13.2. The van der Waals surface area contributed by atoms with Crippen LogP contribution in [0.2, 0.25) is 0 Å². The van der Waals surface area contributed by atoms with Crippen molar-refractivity contribution in [2.45, 2.75) is 20.0 Å². The Morgan fingerprint density at radius 1 is 1.04 bits per heavy atom. The summed E-state index contributed by atoms with van der Waals surface area (Å²) < 4.78 is 39.5. The van der Waals surface area contributed by atoms with Crippen molar-refractivity contribution in [1.29, 1.82) is 0 Å². The summed E-state index contributed by atoms with van der Waals surface area (Å²) in [6, 6.07) is 14.9. The summed E-state index contributed by atoms with van der Waals surface area (Å²) in [6.45, 7) is 4.63. The third-order valence-electron chi connectivity index (χ3n) is 4.03. The quantitative estimate of drug-likeness (QED) is 0.623. The van der Waals surface area contributed by atoms with Crippen molar-refractivity contribution in [2.24, 2.45) is 0 Å². The minimum absolute atomic E-state index is 0.0826. The first-order valence-electron chi connectivity index (χ1n) is 8.49. The van der Waals surface area contributed by atoms with Gasteiger partial charge in [-0.25, -0.2) is 4.98 Å².